The van der Waals surface area contributed by atoms with Gasteiger partial charge >= 0.3 is 0 Å². The summed E-state index contributed by atoms with van der Waals surface area (Å²) in [4.78, 5) is 16.0. The number of nitrogens with zero attached hydrogens (tertiary/aromatic N) is 5. The smallest absolute Gasteiger partial charge is 0.187 e. The summed E-state index contributed by atoms with van der Waals surface area (Å²) in [5, 5.41) is 6.44. The molecule has 0 saturated carbocycles. The van der Waals surface area contributed by atoms with Crippen molar-refractivity contribution in [2.75, 3.05) is 23.3 Å². The number of thiazole rings is 1. The molecule has 0 spiro atoms. The van der Waals surface area contributed by atoms with Gasteiger partial charge in [0.1, 0.15) is 12.1 Å². The number of hydrogen-bond donors (Lipinski definition) is 1. The second-order valence-electron chi connectivity index (χ2n) is 7.62. The fourth-order valence-corrected chi connectivity index (χ4v) is 4.39. The summed E-state index contributed by atoms with van der Waals surface area (Å²) in [5.41, 5.74) is 7.76. The quantitative estimate of drug-likeness (QED) is 0.394. The van der Waals surface area contributed by atoms with Crippen molar-refractivity contribution in [2.45, 2.75) is 34.6 Å². The minimum atomic E-state index is 0.845. The summed E-state index contributed by atoms with van der Waals surface area (Å²) in [6, 6.07) is 8.51. The van der Waals surface area contributed by atoms with Gasteiger partial charge in [0.15, 0.2) is 5.13 Å². The molecular weight excluding hydrogens is 404 g/mol. The third-order valence-electron chi connectivity index (χ3n) is 5.41. The standard InChI is InChI=1S/C24H28N6S/c1-6-29(7-2)22-11-16(3)20(10-17(22)4)27-24-28-21(14-31-24)19-8-9-23(25-12-19)30-13-18(5)26-15-30/h8-15H,6-7H2,1-5H3,(H,27,28). The third-order valence-corrected chi connectivity index (χ3v) is 6.17. The number of anilines is 3. The van der Waals surface area contributed by atoms with Gasteiger partial charge < -0.3 is 10.2 Å². The average molecular weight is 433 g/mol. The monoisotopic (exact) mass is 432 g/mol. The summed E-state index contributed by atoms with van der Waals surface area (Å²) in [6.07, 6.45) is 5.60. The van der Waals surface area contributed by atoms with Gasteiger partial charge in [-0.15, -0.1) is 11.3 Å². The lowest BCUT2D eigenvalue weighted by Gasteiger charge is -2.24. The molecular formula is C24H28N6S. The molecule has 0 aliphatic rings. The Kier molecular flexibility index (Phi) is 6.04. The van der Waals surface area contributed by atoms with E-state index < -0.39 is 0 Å². The Labute approximate surface area is 187 Å². The summed E-state index contributed by atoms with van der Waals surface area (Å²) < 4.78 is 1.92. The molecule has 0 aliphatic heterocycles. The summed E-state index contributed by atoms with van der Waals surface area (Å²) in [6.45, 7) is 12.7. The first kappa shape index (κ1) is 21.1. The van der Waals surface area contributed by atoms with Crippen molar-refractivity contribution < 1.29 is 0 Å². The van der Waals surface area contributed by atoms with Crippen LogP contribution < -0.4 is 10.2 Å². The topological polar surface area (TPSA) is 58.9 Å². The molecule has 0 unspecified atom stereocenters. The predicted molar refractivity (Wildman–Crippen MR) is 130 cm³/mol. The highest BCUT2D eigenvalue weighted by molar-refractivity contribution is 7.14. The van der Waals surface area contributed by atoms with Crippen LogP contribution in [0.25, 0.3) is 17.1 Å². The van der Waals surface area contributed by atoms with Crippen molar-refractivity contribution in [1.82, 2.24) is 19.5 Å². The van der Waals surface area contributed by atoms with Crippen LogP contribution in [-0.4, -0.2) is 32.6 Å². The van der Waals surface area contributed by atoms with Crippen LogP contribution in [0.2, 0.25) is 0 Å². The van der Waals surface area contributed by atoms with Crippen molar-refractivity contribution >= 4 is 27.8 Å². The second-order valence-corrected chi connectivity index (χ2v) is 8.47. The molecule has 3 heterocycles. The summed E-state index contributed by atoms with van der Waals surface area (Å²) in [5.74, 6) is 0.845. The third kappa shape index (κ3) is 4.46. The van der Waals surface area contributed by atoms with Crippen molar-refractivity contribution in [1.29, 1.82) is 0 Å². The minimum Gasteiger partial charge on any atom is -0.372 e. The van der Waals surface area contributed by atoms with Gasteiger partial charge in [0.2, 0.25) is 0 Å². The van der Waals surface area contributed by atoms with Gasteiger partial charge in [-0.3, -0.25) is 4.57 Å². The Balaban J connectivity index is 1.52. The molecule has 31 heavy (non-hydrogen) atoms. The molecule has 1 N–H and O–H groups in total. The first-order chi connectivity index (χ1) is 15.0. The van der Waals surface area contributed by atoms with E-state index in [0.29, 0.717) is 0 Å². The van der Waals surface area contributed by atoms with E-state index in [9.17, 15) is 0 Å². The SMILES string of the molecule is CCN(CC)c1cc(C)c(Nc2nc(-c3ccc(-n4cnc(C)c4)nc3)cs2)cc1C. The number of pyridine rings is 1. The fourth-order valence-electron chi connectivity index (χ4n) is 3.66. The first-order valence-electron chi connectivity index (χ1n) is 10.5. The number of aromatic nitrogens is 4. The largest absolute Gasteiger partial charge is 0.372 e. The van der Waals surface area contributed by atoms with Gasteiger partial charge in [-0.1, -0.05) is 0 Å². The van der Waals surface area contributed by atoms with Gasteiger partial charge in [-0.05, 0) is 70.0 Å². The van der Waals surface area contributed by atoms with E-state index in [1.165, 1.54) is 16.8 Å². The lowest BCUT2D eigenvalue weighted by atomic mass is 10.1. The van der Waals surface area contributed by atoms with E-state index in [-0.39, 0.29) is 0 Å². The molecule has 0 fully saturated rings. The van der Waals surface area contributed by atoms with Crippen LogP contribution in [0.3, 0.4) is 0 Å². The van der Waals surface area contributed by atoms with Crippen molar-refractivity contribution in [3.63, 3.8) is 0 Å². The number of aryl methyl sites for hydroxylation is 3. The highest BCUT2D eigenvalue weighted by atomic mass is 32.1. The molecule has 0 atom stereocenters. The van der Waals surface area contributed by atoms with Crippen LogP contribution >= 0.6 is 11.3 Å². The van der Waals surface area contributed by atoms with Gasteiger partial charge in [0.25, 0.3) is 0 Å². The molecule has 1 aromatic carbocycles. The zero-order valence-electron chi connectivity index (χ0n) is 18.7. The van der Waals surface area contributed by atoms with E-state index in [2.05, 4.69) is 65.4 Å². The maximum absolute atomic E-state index is 4.78. The molecule has 4 rings (SSSR count). The molecule has 0 saturated heterocycles. The van der Waals surface area contributed by atoms with Crippen molar-refractivity contribution in [2.24, 2.45) is 0 Å². The number of benzene rings is 1. The molecule has 6 nitrogen and oxygen atoms in total. The van der Waals surface area contributed by atoms with Crippen LogP contribution in [0.4, 0.5) is 16.5 Å². The van der Waals surface area contributed by atoms with Crippen LogP contribution in [0.5, 0.6) is 0 Å². The van der Waals surface area contributed by atoms with E-state index in [0.717, 1.165) is 46.7 Å². The van der Waals surface area contributed by atoms with Gasteiger partial charge in [-0.25, -0.2) is 15.0 Å². The van der Waals surface area contributed by atoms with E-state index >= 15 is 0 Å². The maximum atomic E-state index is 4.78. The Hall–Kier alpha value is -3.19. The van der Waals surface area contributed by atoms with Crippen molar-refractivity contribution in [3.8, 4) is 17.1 Å². The van der Waals surface area contributed by atoms with Gasteiger partial charge in [0.05, 0.1) is 11.4 Å². The zero-order valence-corrected chi connectivity index (χ0v) is 19.5. The molecule has 4 aromatic rings. The van der Waals surface area contributed by atoms with Crippen LogP contribution in [-0.2, 0) is 0 Å². The van der Waals surface area contributed by atoms with Crippen LogP contribution in [0, 0.1) is 20.8 Å². The number of hydrogen-bond acceptors (Lipinski definition) is 6. The molecule has 160 valence electrons. The number of nitrogens with one attached hydrogen (secondary N) is 1. The average Bonchev–Trinajstić information content (AvgIpc) is 3.41. The first-order valence-corrected chi connectivity index (χ1v) is 11.4. The van der Waals surface area contributed by atoms with Crippen LogP contribution in [0.1, 0.15) is 30.7 Å². The van der Waals surface area contributed by atoms with Gasteiger partial charge in [-0.2, -0.15) is 0 Å². The second kappa shape index (κ2) is 8.89. The molecule has 7 heteroatoms. The van der Waals surface area contributed by atoms with E-state index in [1.54, 1.807) is 17.7 Å². The van der Waals surface area contributed by atoms with Gasteiger partial charge in [0, 0.05) is 47.8 Å². The molecule has 0 aliphatic carbocycles. The summed E-state index contributed by atoms with van der Waals surface area (Å²) in [7, 11) is 0. The predicted octanol–water partition coefficient (Wildman–Crippen LogP) is 5.91. The highest BCUT2D eigenvalue weighted by Gasteiger charge is 2.11. The fraction of sp³-hybridized carbons (Fsp3) is 0.292. The van der Waals surface area contributed by atoms with Crippen molar-refractivity contribution in [3.05, 3.63) is 65.2 Å². The number of imidazole rings is 1. The zero-order chi connectivity index (χ0) is 22.0. The molecule has 3 aromatic heterocycles. The Morgan fingerprint density at radius 1 is 1.03 bits per heavy atom. The normalized spacial score (nSPS) is 11.0. The minimum absolute atomic E-state index is 0.845. The molecule has 0 bridgehead atoms. The highest BCUT2D eigenvalue weighted by Crippen LogP contribution is 2.32. The Bertz CT molecular complexity index is 1170. The number of rotatable bonds is 7. The van der Waals surface area contributed by atoms with Crippen LogP contribution in [0.15, 0.2) is 48.4 Å². The molecule has 0 radical (unpaired) electrons. The maximum Gasteiger partial charge on any atom is 0.187 e. The lowest BCUT2D eigenvalue weighted by molar-refractivity contribution is 0.861. The Morgan fingerprint density at radius 2 is 1.84 bits per heavy atom. The summed E-state index contributed by atoms with van der Waals surface area (Å²) >= 11 is 1.60. The molecule has 0 amide bonds. The lowest BCUT2D eigenvalue weighted by Crippen LogP contribution is -2.22. The van der Waals surface area contributed by atoms with E-state index in [4.69, 9.17) is 4.98 Å². The Morgan fingerprint density at radius 3 is 2.48 bits per heavy atom. The van der Waals surface area contributed by atoms with E-state index in [1.807, 2.05) is 36.0 Å².